The van der Waals surface area contributed by atoms with Crippen LogP contribution in [0.2, 0.25) is 0 Å². The second-order valence-electron chi connectivity index (χ2n) is 5.96. The molecule has 0 saturated carbocycles. The van der Waals surface area contributed by atoms with Gasteiger partial charge in [-0.3, -0.25) is 14.9 Å². The van der Waals surface area contributed by atoms with Crippen LogP contribution < -0.4 is 16.1 Å². The van der Waals surface area contributed by atoms with Gasteiger partial charge in [0.15, 0.2) is 5.82 Å². The van der Waals surface area contributed by atoms with E-state index in [2.05, 4.69) is 20.5 Å². The van der Waals surface area contributed by atoms with Gasteiger partial charge >= 0.3 is 6.03 Å². The molecule has 0 radical (unpaired) electrons. The molecule has 2 rings (SSSR count). The lowest BCUT2D eigenvalue weighted by Crippen LogP contribution is -2.35. The van der Waals surface area contributed by atoms with Crippen molar-refractivity contribution in [2.75, 3.05) is 11.9 Å². The van der Waals surface area contributed by atoms with E-state index < -0.39 is 18.0 Å². The molecule has 2 aromatic rings. The van der Waals surface area contributed by atoms with Gasteiger partial charge in [-0.25, -0.2) is 14.7 Å². The third-order valence-electron chi connectivity index (χ3n) is 3.69. The van der Waals surface area contributed by atoms with Crippen molar-refractivity contribution in [3.63, 3.8) is 0 Å². The molecule has 0 bridgehead atoms. The molecule has 1 heterocycles. The maximum atomic E-state index is 13.9. The molecule has 1 aromatic heterocycles. The maximum absolute atomic E-state index is 13.9. The molecule has 0 spiro atoms. The molecule has 1 atom stereocenters. The molecule has 1 aromatic carbocycles. The van der Waals surface area contributed by atoms with Crippen molar-refractivity contribution in [3.05, 3.63) is 45.6 Å². The summed E-state index contributed by atoms with van der Waals surface area (Å²) in [6.45, 7) is 4.89. The fourth-order valence-corrected chi connectivity index (χ4v) is 2.76. The summed E-state index contributed by atoms with van der Waals surface area (Å²) < 4.78 is 17.8. The number of amides is 3. The van der Waals surface area contributed by atoms with Crippen LogP contribution in [0.25, 0.3) is 0 Å². The van der Waals surface area contributed by atoms with E-state index in [1.807, 2.05) is 0 Å². The summed E-state index contributed by atoms with van der Waals surface area (Å²) in [6, 6.07) is 2.77. The van der Waals surface area contributed by atoms with E-state index in [0.29, 0.717) is 16.7 Å². The molecule has 0 aliphatic heterocycles. The lowest BCUT2D eigenvalue weighted by molar-refractivity contribution is 0.0232. The number of anilines is 1. The predicted octanol–water partition coefficient (Wildman–Crippen LogP) is 2.26. The number of carbonyl (C=O) groups excluding carboxylic acids is 2. The number of aliphatic hydroxyl groups excluding tert-OH is 1. The zero-order valence-corrected chi connectivity index (χ0v) is 15.9. The molecule has 0 saturated heterocycles. The number of benzene rings is 1. The Hall–Kier alpha value is -2.56. The Labute approximate surface area is 159 Å². The summed E-state index contributed by atoms with van der Waals surface area (Å²) in [6.07, 6.45) is -0.697. The van der Waals surface area contributed by atoms with E-state index >= 15 is 0 Å². The number of nitrogens with zero attached hydrogens (tertiary/aromatic N) is 1. The first-order chi connectivity index (χ1) is 12.8. The van der Waals surface area contributed by atoms with Crippen LogP contribution in [-0.4, -0.2) is 34.1 Å². The maximum Gasteiger partial charge on any atom is 0.320 e. The van der Waals surface area contributed by atoms with Gasteiger partial charge in [0.1, 0.15) is 12.4 Å². The number of hydrogen-bond donors (Lipinski definition) is 4. The fourth-order valence-electron chi connectivity index (χ4n) is 2.13. The molecule has 0 fully saturated rings. The van der Waals surface area contributed by atoms with Crippen LogP contribution in [0, 0.1) is 19.7 Å². The van der Waals surface area contributed by atoms with Gasteiger partial charge in [-0.1, -0.05) is 12.1 Å². The van der Waals surface area contributed by atoms with Crippen molar-refractivity contribution < 1.29 is 23.9 Å². The smallest absolute Gasteiger partial charge is 0.320 e. The molecule has 0 aliphatic carbocycles. The Balaban J connectivity index is 1.91. The van der Waals surface area contributed by atoms with E-state index in [1.54, 1.807) is 26.0 Å². The predicted molar refractivity (Wildman–Crippen MR) is 98.9 cm³/mol. The first-order valence-electron chi connectivity index (χ1n) is 8.13. The number of aryl methyl sites for hydroxylation is 1. The first-order valence-corrected chi connectivity index (χ1v) is 8.97. The van der Waals surface area contributed by atoms with Gasteiger partial charge in [-0.2, -0.15) is 4.37 Å². The molecule has 1 unspecified atom stereocenters. The number of aliphatic hydroxyl groups is 1. The second-order valence-corrected chi connectivity index (χ2v) is 6.59. The molecule has 8 nitrogen and oxygen atoms in total. The number of rotatable bonds is 7. The number of aromatic nitrogens is 1. The SMILES string of the molecule is Cc1ccc(CONC(=O)c2csnc2NC(=O)NCC(C)O)c(C)c1F. The van der Waals surface area contributed by atoms with Crippen LogP contribution in [0.5, 0.6) is 0 Å². The highest BCUT2D eigenvalue weighted by molar-refractivity contribution is 7.04. The third-order valence-corrected chi connectivity index (χ3v) is 4.32. The highest BCUT2D eigenvalue weighted by atomic mass is 32.1. The van der Waals surface area contributed by atoms with E-state index in [-0.39, 0.29) is 30.4 Å². The average Bonchev–Trinajstić information content (AvgIpc) is 3.08. The molecular formula is C17H21FN4O4S. The molecule has 3 amide bonds. The van der Waals surface area contributed by atoms with E-state index in [1.165, 1.54) is 12.3 Å². The Kier molecular flexibility index (Phi) is 7.22. The van der Waals surface area contributed by atoms with Crippen molar-refractivity contribution in [2.24, 2.45) is 0 Å². The topological polar surface area (TPSA) is 113 Å². The molecular weight excluding hydrogens is 375 g/mol. The van der Waals surface area contributed by atoms with Gasteiger partial charge in [-0.15, -0.1) is 0 Å². The van der Waals surface area contributed by atoms with E-state index in [9.17, 15) is 14.0 Å². The molecule has 4 N–H and O–H groups in total. The minimum absolute atomic E-state index is 0.00994. The van der Waals surface area contributed by atoms with Crippen LogP contribution in [0.3, 0.4) is 0 Å². The number of urea groups is 1. The van der Waals surface area contributed by atoms with Crippen LogP contribution in [-0.2, 0) is 11.4 Å². The summed E-state index contributed by atoms with van der Waals surface area (Å²) in [5.74, 6) is -0.833. The van der Waals surface area contributed by atoms with Gasteiger partial charge in [0.05, 0.1) is 11.7 Å². The van der Waals surface area contributed by atoms with Gasteiger partial charge in [-0.05, 0) is 49.0 Å². The van der Waals surface area contributed by atoms with Gasteiger partial charge < -0.3 is 10.4 Å². The standard InChI is InChI=1S/C17H21FN4O4S/c1-9-4-5-12(11(3)14(9)18)7-26-21-16(24)13-8-27-22-15(13)20-17(25)19-6-10(2)23/h4-5,8,10,23H,6-7H2,1-3H3,(H,21,24)(H2,19,20,22,25). The normalized spacial score (nSPS) is 11.7. The summed E-state index contributed by atoms with van der Waals surface area (Å²) in [5, 5.41) is 15.5. The lowest BCUT2D eigenvalue weighted by atomic mass is 10.1. The summed E-state index contributed by atoms with van der Waals surface area (Å²) in [7, 11) is 0. The minimum atomic E-state index is -0.697. The zero-order valence-electron chi connectivity index (χ0n) is 15.1. The number of halogens is 1. The Morgan fingerprint density at radius 2 is 2.11 bits per heavy atom. The van der Waals surface area contributed by atoms with Crippen LogP contribution >= 0.6 is 11.5 Å². The van der Waals surface area contributed by atoms with Gasteiger partial charge in [0, 0.05) is 11.9 Å². The van der Waals surface area contributed by atoms with E-state index in [4.69, 9.17) is 9.94 Å². The third kappa shape index (κ3) is 5.71. The number of hydrogen-bond acceptors (Lipinski definition) is 6. The minimum Gasteiger partial charge on any atom is -0.392 e. The van der Waals surface area contributed by atoms with Crippen LogP contribution in [0.1, 0.15) is 34.0 Å². The van der Waals surface area contributed by atoms with Gasteiger partial charge in [0.2, 0.25) is 0 Å². The second kappa shape index (κ2) is 9.40. The number of hydroxylamine groups is 1. The highest BCUT2D eigenvalue weighted by Gasteiger charge is 2.17. The fraction of sp³-hybridized carbons (Fsp3) is 0.353. The average molecular weight is 396 g/mol. The molecule has 146 valence electrons. The Morgan fingerprint density at radius 1 is 1.37 bits per heavy atom. The summed E-state index contributed by atoms with van der Waals surface area (Å²) in [5.41, 5.74) is 3.98. The van der Waals surface area contributed by atoms with Crippen LogP contribution in [0.15, 0.2) is 17.5 Å². The summed E-state index contributed by atoms with van der Waals surface area (Å²) >= 11 is 0.989. The van der Waals surface area contributed by atoms with Crippen molar-refractivity contribution in [1.29, 1.82) is 0 Å². The lowest BCUT2D eigenvalue weighted by Gasteiger charge is -2.11. The summed E-state index contributed by atoms with van der Waals surface area (Å²) in [4.78, 5) is 29.1. The molecule has 27 heavy (non-hydrogen) atoms. The first kappa shape index (κ1) is 20.7. The molecule has 10 heteroatoms. The van der Waals surface area contributed by atoms with Crippen molar-refractivity contribution in [3.8, 4) is 0 Å². The quantitative estimate of drug-likeness (QED) is 0.536. The van der Waals surface area contributed by atoms with Gasteiger partial charge in [0.25, 0.3) is 5.91 Å². The van der Waals surface area contributed by atoms with Crippen LogP contribution in [0.4, 0.5) is 15.0 Å². The van der Waals surface area contributed by atoms with Crippen molar-refractivity contribution >= 4 is 29.3 Å². The Morgan fingerprint density at radius 3 is 2.81 bits per heavy atom. The monoisotopic (exact) mass is 396 g/mol. The van der Waals surface area contributed by atoms with E-state index in [0.717, 1.165) is 11.5 Å². The Bertz CT molecular complexity index is 825. The number of nitrogens with one attached hydrogen (secondary N) is 3. The number of carbonyl (C=O) groups is 2. The largest absolute Gasteiger partial charge is 0.392 e. The van der Waals surface area contributed by atoms with Crippen molar-refractivity contribution in [1.82, 2.24) is 15.2 Å². The zero-order chi connectivity index (χ0) is 20.0. The molecule has 0 aliphatic rings. The highest BCUT2D eigenvalue weighted by Crippen LogP contribution is 2.18. The van der Waals surface area contributed by atoms with Crippen molar-refractivity contribution in [2.45, 2.75) is 33.5 Å².